The van der Waals surface area contributed by atoms with Gasteiger partial charge in [-0.05, 0) is 77.0 Å². The van der Waals surface area contributed by atoms with E-state index in [9.17, 15) is 0 Å². The summed E-state index contributed by atoms with van der Waals surface area (Å²) >= 11 is 0. The second-order valence-corrected chi connectivity index (χ2v) is 15.4. The highest BCUT2D eigenvalue weighted by atomic mass is 16.7. The minimum Gasteiger partial charge on any atom is -0.347 e. The van der Waals surface area contributed by atoms with Crippen molar-refractivity contribution in [1.82, 2.24) is 0 Å². The predicted octanol–water partition coefficient (Wildman–Crippen LogP) is 13.6. The molecule has 1 heterocycles. The highest BCUT2D eigenvalue weighted by Crippen LogP contribution is 2.35. The number of unbranched alkanes of at least 4 members (excludes halogenated alkanes) is 18. The molecular weight excluding hydrogens is 574 g/mol. The topological polar surface area (TPSA) is 18.5 Å². The number of nitrogens with zero attached hydrogens (tertiary/aromatic N) is 1. The van der Waals surface area contributed by atoms with Crippen molar-refractivity contribution in [3.05, 3.63) is 48.6 Å². The van der Waals surface area contributed by atoms with E-state index < -0.39 is 0 Å². The van der Waals surface area contributed by atoms with Gasteiger partial charge in [-0.1, -0.05) is 140 Å². The van der Waals surface area contributed by atoms with Crippen molar-refractivity contribution in [1.29, 1.82) is 0 Å². The first-order valence-electron chi connectivity index (χ1n) is 20.6. The van der Waals surface area contributed by atoms with Gasteiger partial charge in [-0.2, -0.15) is 0 Å². The summed E-state index contributed by atoms with van der Waals surface area (Å²) in [6, 6.07) is 0. The third kappa shape index (κ3) is 28.4. The Bertz CT molecular complexity index is 741. The first-order valence-corrected chi connectivity index (χ1v) is 20.6. The fraction of sp³-hybridized carbons (Fsp3) is 0.818. The molecule has 0 aromatic heterocycles. The molecule has 0 amide bonds. The molecule has 0 spiro atoms. The smallest absolute Gasteiger partial charge is 0.168 e. The zero-order valence-corrected chi connectivity index (χ0v) is 32.5. The van der Waals surface area contributed by atoms with Gasteiger partial charge in [0.05, 0.1) is 40.4 Å². The molecule has 0 aliphatic carbocycles. The molecule has 1 fully saturated rings. The third-order valence-electron chi connectivity index (χ3n) is 9.55. The minimum absolute atomic E-state index is 0.265. The van der Waals surface area contributed by atoms with Crippen molar-refractivity contribution in [3.8, 4) is 0 Å². The molecule has 0 aromatic carbocycles. The van der Waals surface area contributed by atoms with E-state index in [4.69, 9.17) is 9.47 Å². The van der Waals surface area contributed by atoms with Crippen LogP contribution >= 0.6 is 0 Å². The predicted molar refractivity (Wildman–Crippen MR) is 209 cm³/mol. The lowest BCUT2D eigenvalue weighted by atomic mass is 9.98. The van der Waals surface area contributed by atoms with E-state index in [0.29, 0.717) is 0 Å². The summed E-state index contributed by atoms with van der Waals surface area (Å²) in [7, 11) is 6.83. The Morgan fingerprint density at radius 3 is 1.30 bits per heavy atom. The molecular formula is C44H82NO2+. The number of ether oxygens (including phenoxy) is 2. The van der Waals surface area contributed by atoms with Gasteiger partial charge < -0.3 is 14.0 Å². The number of rotatable bonds is 33. The standard InChI is InChI=1S/C44H82NO2/c1-6-8-10-12-14-16-18-20-22-24-26-28-30-32-34-36-39-44(46-42-43(47-44)38-41-45(3,4)5)40-37-35-33-31-29-27-25-23-21-19-17-15-13-11-9-7-2/h14-17,20-23,43H,6-13,18-19,24-42H2,1-5H3/q+1/b16-14-,17-15-,22-20-,23-21-. The molecule has 3 nitrogen and oxygen atoms in total. The van der Waals surface area contributed by atoms with E-state index >= 15 is 0 Å². The quantitative estimate of drug-likeness (QED) is 0.0397. The average molecular weight is 657 g/mol. The summed E-state index contributed by atoms with van der Waals surface area (Å²) in [6.07, 6.45) is 53.4. The van der Waals surface area contributed by atoms with Gasteiger partial charge in [0.15, 0.2) is 5.79 Å². The third-order valence-corrected chi connectivity index (χ3v) is 9.55. The first kappa shape index (κ1) is 43.9. The molecule has 0 bridgehead atoms. The van der Waals surface area contributed by atoms with Crippen LogP contribution in [0.2, 0.25) is 0 Å². The highest BCUT2D eigenvalue weighted by Gasteiger charge is 2.40. The van der Waals surface area contributed by atoms with E-state index in [0.717, 1.165) is 49.7 Å². The van der Waals surface area contributed by atoms with E-state index in [1.54, 1.807) is 0 Å². The van der Waals surface area contributed by atoms with Gasteiger partial charge >= 0.3 is 0 Å². The van der Waals surface area contributed by atoms with Crippen LogP contribution < -0.4 is 0 Å². The van der Waals surface area contributed by atoms with Crippen LogP contribution in [0, 0.1) is 0 Å². The van der Waals surface area contributed by atoms with E-state index in [1.165, 1.54) is 141 Å². The molecule has 1 saturated heterocycles. The van der Waals surface area contributed by atoms with Crippen LogP contribution in [-0.4, -0.2) is 50.7 Å². The second kappa shape index (κ2) is 30.9. The molecule has 1 atom stereocenters. The van der Waals surface area contributed by atoms with Gasteiger partial charge in [-0.15, -0.1) is 0 Å². The van der Waals surface area contributed by atoms with Gasteiger partial charge in [0, 0.05) is 19.3 Å². The Labute approximate surface area is 295 Å². The lowest BCUT2D eigenvalue weighted by Gasteiger charge is -2.29. The van der Waals surface area contributed by atoms with Crippen LogP contribution in [0.25, 0.3) is 0 Å². The maximum atomic E-state index is 6.74. The average Bonchev–Trinajstić information content (AvgIpc) is 3.46. The lowest BCUT2D eigenvalue weighted by molar-refractivity contribution is -0.870. The summed E-state index contributed by atoms with van der Waals surface area (Å²) in [5.41, 5.74) is 0. The van der Waals surface area contributed by atoms with Crippen LogP contribution in [0.4, 0.5) is 0 Å². The number of hydrogen-bond donors (Lipinski definition) is 0. The van der Waals surface area contributed by atoms with Gasteiger partial charge in [0.2, 0.25) is 0 Å². The number of hydrogen-bond acceptors (Lipinski definition) is 2. The maximum Gasteiger partial charge on any atom is 0.168 e. The molecule has 0 radical (unpaired) electrons. The summed E-state index contributed by atoms with van der Waals surface area (Å²) in [6.45, 7) is 6.46. The van der Waals surface area contributed by atoms with Crippen LogP contribution in [0.1, 0.15) is 187 Å². The minimum atomic E-state index is -0.319. The highest BCUT2D eigenvalue weighted by molar-refractivity contribution is 4.93. The molecule has 47 heavy (non-hydrogen) atoms. The van der Waals surface area contributed by atoms with Crippen molar-refractivity contribution in [3.63, 3.8) is 0 Å². The lowest BCUT2D eigenvalue weighted by Crippen LogP contribution is -2.38. The van der Waals surface area contributed by atoms with Gasteiger partial charge in [0.25, 0.3) is 0 Å². The van der Waals surface area contributed by atoms with E-state index in [-0.39, 0.29) is 11.9 Å². The fourth-order valence-electron chi connectivity index (χ4n) is 6.44. The molecule has 1 rings (SSSR count). The molecule has 0 saturated carbocycles. The van der Waals surface area contributed by atoms with E-state index in [1.807, 2.05) is 0 Å². The Morgan fingerprint density at radius 2 is 0.894 bits per heavy atom. The van der Waals surface area contributed by atoms with Crippen molar-refractivity contribution in [2.45, 2.75) is 199 Å². The SMILES string of the molecule is CCCCC/C=C\C/C=C\CCCCCCCCC1(CCCCCCCC/C=C\C/C=C\CCCCC)OCC(CC[N+](C)(C)C)O1. The summed E-state index contributed by atoms with van der Waals surface area (Å²) in [5, 5.41) is 0. The Morgan fingerprint density at radius 1 is 0.511 bits per heavy atom. The fourth-order valence-corrected chi connectivity index (χ4v) is 6.44. The molecule has 274 valence electrons. The molecule has 1 unspecified atom stereocenters. The molecule has 0 N–H and O–H groups in total. The van der Waals surface area contributed by atoms with Crippen molar-refractivity contribution in [2.75, 3.05) is 34.3 Å². The van der Waals surface area contributed by atoms with Gasteiger partial charge in [-0.3, -0.25) is 0 Å². The number of allylic oxidation sites excluding steroid dienone is 8. The van der Waals surface area contributed by atoms with Crippen LogP contribution in [-0.2, 0) is 9.47 Å². The Balaban J connectivity index is 2.20. The molecule has 1 aliphatic heterocycles. The zero-order valence-electron chi connectivity index (χ0n) is 32.5. The monoisotopic (exact) mass is 657 g/mol. The van der Waals surface area contributed by atoms with Crippen molar-refractivity contribution < 1.29 is 14.0 Å². The van der Waals surface area contributed by atoms with Crippen LogP contribution in [0.15, 0.2) is 48.6 Å². The van der Waals surface area contributed by atoms with Crippen molar-refractivity contribution >= 4 is 0 Å². The summed E-state index contributed by atoms with van der Waals surface area (Å²) in [4.78, 5) is 0. The van der Waals surface area contributed by atoms with Crippen LogP contribution in [0.3, 0.4) is 0 Å². The van der Waals surface area contributed by atoms with Gasteiger partial charge in [0.1, 0.15) is 0 Å². The second-order valence-electron chi connectivity index (χ2n) is 15.4. The van der Waals surface area contributed by atoms with Crippen molar-refractivity contribution in [2.24, 2.45) is 0 Å². The molecule has 1 aliphatic rings. The Kier molecular flexibility index (Phi) is 28.8. The largest absolute Gasteiger partial charge is 0.347 e. The van der Waals surface area contributed by atoms with Gasteiger partial charge in [-0.25, -0.2) is 0 Å². The van der Waals surface area contributed by atoms with Crippen LogP contribution in [0.5, 0.6) is 0 Å². The normalized spacial score (nSPS) is 17.1. The zero-order chi connectivity index (χ0) is 34.2. The maximum absolute atomic E-state index is 6.74. The summed E-state index contributed by atoms with van der Waals surface area (Å²) in [5.74, 6) is -0.319. The first-order chi connectivity index (χ1) is 22.9. The molecule has 0 aromatic rings. The Hall–Kier alpha value is -1.16. The number of quaternary nitrogens is 1. The molecule has 3 heteroatoms. The van der Waals surface area contributed by atoms with E-state index in [2.05, 4.69) is 83.6 Å². The summed E-state index contributed by atoms with van der Waals surface area (Å²) < 4.78 is 14.2.